The van der Waals surface area contributed by atoms with Crippen LogP contribution in [0.4, 0.5) is 0 Å². The van der Waals surface area contributed by atoms with Crippen molar-refractivity contribution >= 4 is 30.8 Å². The molecule has 18 heavy (non-hydrogen) atoms. The van der Waals surface area contributed by atoms with Gasteiger partial charge in [0.05, 0.1) is 18.9 Å². The monoisotopic (exact) mass is 295 g/mol. The molecule has 0 aromatic carbocycles. The topological polar surface area (TPSA) is 56.1 Å². The molecule has 0 spiro atoms. The molecule has 0 aliphatic carbocycles. The second-order valence-corrected chi connectivity index (χ2v) is 4.14. The van der Waals surface area contributed by atoms with Crippen molar-refractivity contribution in [3.63, 3.8) is 0 Å². The van der Waals surface area contributed by atoms with E-state index in [0.717, 1.165) is 19.6 Å². The zero-order valence-corrected chi connectivity index (χ0v) is 11.9. The highest BCUT2D eigenvalue weighted by molar-refractivity contribution is 5.88. The quantitative estimate of drug-likeness (QED) is 0.859. The zero-order valence-electron chi connectivity index (χ0n) is 10.3. The van der Waals surface area contributed by atoms with Crippen molar-refractivity contribution in [3.8, 4) is 0 Å². The summed E-state index contributed by atoms with van der Waals surface area (Å²) in [5, 5.41) is 7.50. The van der Waals surface area contributed by atoms with Crippen molar-refractivity contribution in [2.45, 2.75) is 19.4 Å². The van der Waals surface area contributed by atoms with Crippen molar-refractivity contribution in [2.75, 3.05) is 20.2 Å². The predicted octanol–water partition coefficient (Wildman–Crippen LogP) is 1.51. The minimum absolute atomic E-state index is 0. The number of carbonyl (C=O) groups is 1. The number of nitrogens with one attached hydrogen (secondary N) is 1. The minimum atomic E-state index is -0.323. The summed E-state index contributed by atoms with van der Waals surface area (Å²) in [6.07, 6.45) is 5.67. The van der Waals surface area contributed by atoms with Gasteiger partial charge in [-0.2, -0.15) is 5.10 Å². The van der Waals surface area contributed by atoms with E-state index in [4.69, 9.17) is 0 Å². The second kappa shape index (κ2) is 8.34. The lowest BCUT2D eigenvalue weighted by molar-refractivity contribution is 0.0600. The number of halogens is 2. The first-order chi connectivity index (χ1) is 7.79. The molecule has 1 aromatic rings. The number of hydrogen-bond donors (Lipinski definition) is 1. The van der Waals surface area contributed by atoms with Crippen LogP contribution in [0, 0.1) is 5.92 Å². The van der Waals surface area contributed by atoms with E-state index in [9.17, 15) is 4.79 Å². The highest BCUT2D eigenvalue weighted by atomic mass is 35.5. The number of rotatable bonds is 3. The number of esters is 1. The summed E-state index contributed by atoms with van der Waals surface area (Å²) in [4.78, 5) is 11.2. The van der Waals surface area contributed by atoms with E-state index in [1.165, 1.54) is 20.0 Å². The first kappa shape index (κ1) is 17.2. The normalized spacial score (nSPS) is 15.4. The van der Waals surface area contributed by atoms with Crippen LogP contribution in [0.15, 0.2) is 12.4 Å². The molecule has 1 fully saturated rings. The summed E-state index contributed by atoms with van der Waals surface area (Å²) < 4.78 is 6.47. The van der Waals surface area contributed by atoms with E-state index >= 15 is 0 Å². The maximum atomic E-state index is 11.2. The smallest absolute Gasteiger partial charge is 0.341 e. The summed E-state index contributed by atoms with van der Waals surface area (Å²) in [6.45, 7) is 3.05. The van der Waals surface area contributed by atoms with E-state index in [1.807, 2.05) is 4.68 Å². The van der Waals surface area contributed by atoms with E-state index in [2.05, 4.69) is 15.2 Å². The molecule has 0 atom stereocenters. The maximum Gasteiger partial charge on any atom is 0.341 e. The molecule has 104 valence electrons. The number of ether oxygens (including phenoxy) is 1. The number of piperidine rings is 1. The molecule has 0 amide bonds. The van der Waals surface area contributed by atoms with Crippen molar-refractivity contribution in [1.29, 1.82) is 0 Å². The Balaban J connectivity index is 0.00000144. The fourth-order valence-electron chi connectivity index (χ4n) is 2.02. The standard InChI is InChI=1S/C11H17N3O2.2ClH/c1-16-11(15)10-6-13-14(8-10)7-9-2-4-12-5-3-9;;/h6,8-9,12H,2-5,7H2,1H3;2*1H. The van der Waals surface area contributed by atoms with Crippen molar-refractivity contribution in [2.24, 2.45) is 5.92 Å². The van der Waals surface area contributed by atoms with Gasteiger partial charge in [-0.25, -0.2) is 4.79 Å². The molecule has 1 aromatic heterocycles. The third-order valence-electron chi connectivity index (χ3n) is 2.96. The van der Waals surface area contributed by atoms with Gasteiger partial charge in [-0.15, -0.1) is 24.8 Å². The second-order valence-electron chi connectivity index (χ2n) is 4.14. The Morgan fingerprint density at radius 1 is 1.50 bits per heavy atom. The van der Waals surface area contributed by atoms with Crippen LogP contribution >= 0.6 is 24.8 Å². The SMILES string of the molecule is COC(=O)c1cnn(CC2CCNCC2)c1.Cl.Cl. The first-order valence-electron chi connectivity index (χ1n) is 5.61. The van der Waals surface area contributed by atoms with Crippen LogP contribution in [0.1, 0.15) is 23.2 Å². The number of aromatic nitrogens is 2. The highest BCUT2D eigenvalue weighted by Crippen LogP contribution is 2.14. The van der Waals surface area contributed by atoms with Gasteiger partial charge in [0.2, 0.25) is 0 Å². The molecule has 0 unspecified atom stereocenters. The lowest BCUT2D eigenvalue weighted by Gasteiger charge is -2.22. The molecule has 2 heterocycles. The Bertz CT molecular complexity index is 365. The third-order valence-corrected chi connectivity index (χ3v) is 2.96. The van der Waals surface area contributed by atoms with Gasteiger partial charge in [0.15, 0.2) is 0 Å². The molecule has 7 heteroatoms. The lowest BCUT2D eigenvalue weighted by atomic mass is 9.98. The highest BCUT2D eigenvalue weighted by Gasteiger charge is 2.15. The van der Waals surface area contributed by atoms with Crippen LogP contribution in [-0.2, 0) is 11.3 Å². The van der Waals surface area contributed by atoms with Crippen molar-refractivity contribution in [1.82, 2.24) is 15.1 Å². The molecule has 0 radical (unpaired) electrons. The van der Waals surface area contributed by atoms with Gasteiger partial charge in [-0.1, -0.05) is 0 Å². The number of methoxy groups -OCH3 is 1. The molecule has 0 bridgehead atoms. The van der Waals surface area contributed by atoms with E-state index in [-0.39, 0.29) is 30.8 Å². The minimum Gasteiger partial charge on any atom is -0.465 e. The fraction of sp³-hybridized carbons (Fsp3) is 0.636. The summed E-state index contributed by atoms with van der Waals surface area (Å²) in [5.41, 5.74) is 0.524. The molecule has 1 aliphatic rings. The molecule has 5 nitrogen and oxygen atoms in total. The van der Waals surface area contributed by atoms with Crippen LogP contribution < -0.4 is 5.32 Å². The zero-order chi connectivity index (χ0) is 11.4. The van der Waals surface area contributed by atoms with Gasteiger partial charge < -0.3 is 10.1 Å². The third kappa shape index (κ3) is 4.48. The van der Waals surface area contributed by atoms with Gasteiger partial charge in [0, 0.05) is 12.7 Å². The van der Waals surface area contributed by atoms with Crippen LogP contribution in [0.3, 0.4) is 0 Å². The largest absolute Gasteiger partial charge is 0.465 e. The summed E-state index contributed by atoms with van der Waals surface area (Å²) in [7, 11) is 1.38. The van der Waals surface area contributed by atoms with Crippen molar-refractivity contribution < 1.29 is 9.53 Å². The van der Waals surface area contributed by atoms with Gasteiger partial charge in [-0.05, 0) is 31.8 Å². The molecule has 0 saturated carbocycles. The van der Waals surface area contributed by atoms with E-state index in [0.29, 0.717) is 11.5 Å². The molecule has 1 N–H and O–H groups in total. The van der Waals surface area contributed by atoms with Crippen molar-refractivity contribution in [3.05, 3.63) is 18.0 Å². The Kier molecular flexibility index (Phi) is 7.98. The van der Waals surface area contributed by atoms with Gasteiger partial charge >= 0.3 is 5.97 Å². The van der Waals surface area contributed by atoms with Crippen LogP contribution in [0.25, 0.3) is 0 Å². The molecular formula is C11H19Cl2N3O2. The molecule has 1 aliphatic heterocycles. The lowest BCUT2D eigenvalue weighted by Crippen LogP contribution is -2.29. The average Bonchev–Trinajstić information content (AvgIpc) is 2.78. The summed E-state index contributed by atoms with van der Waals surface area (Å²) in [5.74, 6) is 0.336. The average molecular weight is 296 g/mol. The van der Waals surface area contributed by atoms with Crippen LogP contribution in [0.5, 0.6) is 0 Å². The maximum absolute atomic E-state index is 11.2. The predicted molar refractivity (Wildman–Crippen MR) is 73.7 cm³/mol. The molecule has 2 rings (SSSR count). The summed E-state index contributed by atoms with van der Waals surface area (Å²) in [6, 6.07) is 0. The molecular weight excluding hydrogens is 277 g/mol. The van der Waals surface area contributed by atoms with E-state index in [1.54, 1.807) is 12.4 Å². The number of nitrogens with zero attached hydrogens (tertiary/aromatic N) is 2. The Morgan fingerprint density at radius 2 is 2.17 bits per heavy atom. The molecule has 1 saturated heterocycles. The van der Waals surface area contributed by atoms with E-state index < -0.39 is 0 Å². The van der Waals surface area contributed by atoms with Gasteiger partial charge in [0.1, 0.15) is 0 Å². The Hall–Kier alpha value is -0.780. The first-order valence-corrected chi connectivity index (χ1v) is 5.61. The number of carbonyl (C=O) groups excluding carboxylic acids is 1. The fourth-order valence-corrected chi connectivity index (χ4v) is 2.02. The van der Waals surface area contributed by atoms with Crippen LogP contribution in [0.2, 0.25) is 0 Å². The van der Waals surface area contributed by atoms with Gasteiger partial charge in [0.25, 0.3) is 0 Å². The Labute approximate surface area is 119 Å². The Morgan fingerprint density at radius 3 is 2.78 bits per heavy atom. The summed E-state index contributed by atoms with van der Waals surface area (Å²) >= 11 is 0. The number of hydrogen-bond acceptors (Lipinski definition) is 4. The van der Waals surface area contributed by atoms with Gasteiger partial charge in [-0.3, -0.25) is 4.68 Å². The van der Waals surface area contributed by atoms with Crippen LogP contribution in [-0.4, -0.2) is 35.9 Å².